The number of rotatable bonds is 4. The van der Waals surface area contributed by atoms with E-state index in [-0.39, 0.29) is 29.6 Å². The molecule has 6 nitrogen and oxygen atoms in total. The van der Waals surface area contributed by atoms with Crippen molar-refractivity contribution in [3.63, 3.8) is 0 Å². The minimum absolute atomic E-state index is 0.0302. The highest BCUT2D eigenvalue weighted by Crippen LogP contribution is 2.26. The van der Waals surface area contributed by atoms with Gasteiger partial charge in [-0.1, -0.05) is 12.8 Å². The summed E-state index contributed by atoms with van der Waals surface area (Å²) in [5.41, 5.74) is 0. The number of aliphatic hydroxyl groups is 1. The van der Waals surface area contributed by atoms with Gasteiger partial charge >= 0.3 is 0 Å². The smallest absolute Gasteiger partial charge is 0.290 e. The van der Waals surface area contributed by atoms with Gasteiger partial charge in [0.1, 0.15) is 6.04 Å². The van der Waals surface area contributed by atoms with Crippen LogP contribution in [0.5, 0.6) is 0 Å². The van der Waals surface area contributed by atoms with Crippen LogP contribution in [0.4, 0.5) is 0 Å². The second kappa shape index (κ2) is 8.04. The topological polar surface area (TPSA) is 74.0 Å². The van der Waals surface area contributed by atoms with Crippen molar-refractivity contribution in [1.29, 1.82) is 0 Å². The number of aliphatic hydroxyl groups excluding tert-OH is 1. The number of hydrogen-bond donors (Lipinski definition) is 1. The molecular weight excluding hydrogens is 320 g/mol. The van der Waals surface area contributed by atoms with Gasteiger partial charge in [0.25, 0.3) is 5.91 Å². The average molecular weight is 348 g/mol. The van der Waals surface area contributed by atoms with E-state index in [0.29, 0.717) is 19.5 Å². The van der Waals surface area contributed by atoms with Crippen LogP contribution in [-0.4, -0.2) is 59.0 Å². The molecule has 3 unspecified atom stereocenters. The SMILES string of the molecule is CN(CC1CCCCC1O)C(=O)C1CCCCN1C(=O)c1ccco1. The Morgan fingerprint density at radius 3 is 2.72 bits per heavy atom. The van der Waals surface area contributed by atoms with Crippen LogP contribution < -0.4 is 0 Å². The first-order valence-corrected chi connectivity index (χ1v) is 9.35. The average Bonchev–Trinajstić information content (AvgIpc) is 3.17. The third-order valence-corrected chi connectivity index (χ3v) is 5.53. The fourth-order valence-corrected chi connectivity index (χ4v) is 4.07. The van der Waals surface area contributed by atoms with E-state index >= 15 is 0 Å². The summed E-state index contributed by atoms with van der Waals surface area (Å²) in [7, 11) is 1.79. The summed E-state index contributed by atoms with van der Waals surface area (Å²) in [6.07, 6.45) is 7.63. The van der Waals surface area contributed by atoms with Crippen molar-refractivity contribution in [1.82, 2.24) is 9.80 Å². The zero-order chi connectivity index (χ0) is 17.8. The molecular formula is C19H28N2O4. The Morgan fingerprint density at radius 1 is 1.24 bits per heavy atom. The normalized spacial score (nSPS) is 27.1. The maximum Gasteiger partial charge on any atom is 0.290 e. The first-order valence-electron chi connectivity index (χ1n) is 9.35. The van der Waals surface area contributed by atoms with Gasteiger partial charge in [-0.3, -0.25) is 9.59 Å². The van der Waals surface area contributed by atoms with Crippen LogP contribution >= 0.6 is 0 Å². The van der Waals surface area contributed by atoms with Gasteiger partial charge in [-0.2, -0.15) is 0 Å². The second-order valence-corrected chi connectivity index (χ2v) is 7.32. The third-order valence-electron chi connectivity index (χ3n) is 5.53. The minimum Gasteiger partial charge on any atom is -0.459 e. The maximum absolute atomic E-state index is 13.0. The standard InChI is InChI=1S/C19H28N2O4/c1-20(13-14-7-2-3-9-16(14)22)18(23)15-8-4-5-11-21(15)19(24)17-10-6-12-25-17/h6,10,12,14-16,22H,2-5,7-9,11,13H2,1H3. The van der Waals surface area contributed by atoms with Crippen molar-refractivity contribution in [2.75, 3.05) is 20.1 Å². The summed E-state index contributed by atoms with van der Waals surface area (Å²) in [6.45, 7) is 1.13. The lowest BCUT2D eigenvalue weighted by Crippen LogP contribution is -2.53. The van der Waals surface area contributed by atoms with E-state index in [1.807, 2.05) is 0 Å². The molecule has 0 spiro atoms. The number of carbonyl (C=O) groups excluding carboxylic acids is 2. The lowest BCUT2D eigenvalue weighted by Gasteiger charge is -2.38. The molecule has 2 fully saturated rings. The number of piperidine rings is 1. The summed E-state index contributed by atoms with van der Waals surface area (Å²) in [6, 6.07) is 2.89. The molecule has 1 aromatic heterocycles. The molecule has 2 aliphatic rings. The lowest BCUT2D eigenvalue weighted by molar-refractivity contribution is -0.137. The zero-order valence-electron chi connectivity index (χ0n) is 14.9. The van der Waals surface area contributed by atoms with Crippen LogP contribution in [0.1, 0.15) is 55.5 Å². The lowest BCUT2D eigenvalue weighted by atomic mass is 9.86. The predicted octanol–water partition coefficient (Wildman–Crippen LogP) is 2.28. The molecule has 1 aliphatic heterocycles. The second-order valence-electron chi connectivity index (χ2n) is 7.32. The molecule has 138 valence electrons. The molecule has 25 heavy (non-hydrogen) atoms. The Labute approximate surface area is 148 Å². The number of carbonyl (C=O) groups is 2. The molecule has 3 atom stereocenters. The Kier molecular flexibility index (Phi) is 5.78. The third kappa shape index (κ3) is 4.06. The van der Waals surface area contributed by atoms with E-state index in [1.165, 1.54) is 6.26 Å². The molecule has 0 radical (unpaired) electrons. The highest BCUT2D eigenvalue weighted by Gasteiger charge is 2.36. The highest BCUT2D eigenvalue weighted by atomic mass is 16.3. The van der Waals surface area contributed by atoms with Crippen molar-refractivity contribution < 1.29 is 19.1 Å². The number of nitrogens with zero attached hydrogens (tertiary/aromatic N) is 2. The van der Waals surface area contributed by atoms with Crippen LogP contribution in [0.15, 0.2) is 22.8 Å². The summed E-state index contributed by atoms with van der Waals surface area (Å²) in [5, 5.41) is 10.2. The zero-order valence-corrected chi connectivity index (χ0v) is 14.9. The van der Waals surface area contributed by atoms with E-state index < -0.39 is 6.04 Å². The van der Waals surface area contributed by atoms with Gasteiger partial charge in [-0.25, -0.2) is 0 Å². The summed E-state index contributed by atoms with van der Waals surface area (Å²) in [4.78, 5) is 29.0. The van der Waals surface area contributed by atoms with E-state index in [0.717, 1.165) is 38.5 Å². The fourth-order valence-electron chi connectivity index (χ4n) is 4.07. The summed E-state index contributed by atoms with van der Waals surface area (Å²) in [5.74, 6) is 0.178. The number of likely N-dealkylation sites (N-methyl/N-ethyl adjacent to an activating group) is 1. The first-order chi connectivity index (χ1) is 12.1. The number of furan rings is 1. The number of amides is 2. The van der Waals surface area contributed by atoms with Crippen molar-refractivity contribution in [3.05, 3.63) is 24.2 Å². The van der Waals surface area contributed by atoms with Crippen LogP contribution in [0.2, 0.25) is 0 Å². The van der Waals surface area contributed by atoms with Crippen LogP contribution in [0.25, 0.3) is 0 Å². The molecule has 1 saturated carbocycles. The van der Waals surface area contributed by atoms with Crippen molar-refractivity contribution in [2.24, 2.45) is 5.92 Å². The van der Waals surface area contributed by atoms with E-state index in [4.69, 9.17) is 4.42 Å². The van der Waals surface area contributed by atoms with Gasteiger partial charge < -0.3 is 19.3 Å². The molecule has 6 heteroatoms. The van der Waals surface area contributed by atoms with E-state index in [2.05, 4.69) is 0 Å². The fraction of sp³-hybridized carbons (Fsp3) is 0.684. The van der Waals surface area contributed by atoms with Crippen LogP contribution in [-0.2, 0) is 4.79 Å². The van der Waals surface area contributed by atoms with Crippen molar-refractivity contribution >= 4 is 11.8 Å². The molecule has 3 rings (SSSR count). The quantitative estimate of drug-likeness (QED) is 0.906. The van der Waals surface area contributed by atoms with Crippen LogP contribution in [0.3, 0.4) is 0 Å². The Hall–Kier alpha value is -1.82. The molecule has 0 aromatic carbocycles. The summed E-state index contributed by atoms with van der Waals surface area (Å²) < 4.78 is 5.22. The van der Waals surface area contributed by atoms with Gasteiger partial charge in [0.05, 0.1) is 12.4 Å². The number of hydrogen-bond acceptors (Lipinski definition) is 4. The minimum atomic E-state index is -0.433. The first kappa shape index (κ1) is 18.0. The van der Waals surface area contributed by atoms with Gasteiger partial charge in [0, 0.05) is 26.1 Å². The van der Waals surface area contributed by atoms with Gasteiger partial charge in [0.2, 0.25) is 5.91 Å². The molecule has 1 N–H and O–H groups in total. The number of likely N-dealkylation sites (tertiary alicyclic amines) is 1. The highest BCUT2D eigenvalue weighted by molar-refractivity contribution is 5.95. The molecule has 0 bridgehead atoms. The molecule has 1 aromatic rings. The molecule has 1 aliphatic carbocycles. The van der Waals surface area contributed by atoms with Crippen molar-refractivity contribution in [2.45, 2.75) is 57.1 Å². The van der Waals surface area contributed by atoms with Gasteiger partial charge in [-0.15, -0.1) is 0 Å². The Balaban J connectivity index is 1.66. The van der Waals surface area contributed by atoms with Crippen LogP contribution in [0, 0.1) is 5.92 Å². The monoisotopic (exact) mass is 348 g/mol. The largest absolute Gasteiger partial charge is 0.459 e. The predicted molar refractivity (Wildman–Crippen MR) is 93.0 cm³/mol. The van der Waals surface area contributed by atoms with Crippen molar-refractivity contribution in [3.8, 4) is 0 Å². The Morgan fingerprint density at radius 2 is 2.00 bits per heavy atom. The molecule has 2 amide bonds. The van der Waals surface area contributed by atoms with Gasteiger partial charge in [-0.05, 0) is 44.2 Å². The van der Waals surface area contributed by atoms with E-state index in [9.17, 15) is 14.7 Å². The maximum atomic E-state index is 13.0. The summed E-state index contributed by atoms with van der Waals surface area (Å²) >= 11 is 0. The Bertz CT molecular complexity index is 586. The molecule has 2 heterocycles. The van der Waals surface area contributed by atoms with Gasteiger partial charge in [0.15, 0.2) is 5.76 Å². The van der Waals surface area contributed by atoms with E-state index in [1.54, 1.807) is 29.0 Å². The molecule has 1 saturated heterocycles.